The first kappa shape index (κ1) is 16.0. The molecule has 1 unspecified atom stereocenters. The van der Waals surface area contributed by atoms with Crippen molar-refractivity contribution in [2.75, 3.05) is 0 Å². The molecule has 0 aliphatic carbocycles. The third-order valence-electron chi connectivity index (χ3n) is 3.23. The molecule has 0 fully saturated rings. The average Bonchev–Trinajstić information content (AvgIpc) is 2.53. The van der Waals surface area contributed by atoms with Crippen LogP contribution in [0.25, 0.3) is 0 Å². The summed E-state index contributed by atoms with van der Waals surface area (Å²) in [6.07, 6.45) is 0. The van der Waals surface area contributed by atoms with Gasteiger partial charge in [-0.15, -0.1) is 0 Å². The first-order valence-corrected chi connectivity index (χ1v) is 6.44. The lowest BCUT2D eigenvalue weighted by Crippen LogP contribution is -2.32. The monoisotopic (exact) mass is 316 g/mol. The molecule has 0 aliphatic heterocycles. The Morgan fingerprint density at radius 2 is 1.39 bits per heavy atom. The van der Waals surface area contributed by atoms with Crippen LogP contribution in [0.15, 0.2) is 42.5 Å². The van der Waals surface area contributed by atoms with E-state index in [1.54, 1.807) is 6.07 Å². The summed E-state index contributed by atoms with van der Waals surface area (Å²) in [5.41, 5.74) is -0.548. The van der Waals surface area contributed by atoms with Gasteiger partial charge in [0.1, 0.15) is 0 Å². The van der Waals surface area contributed by atoms with E-state index in [0.717, 1.165) is 12.1 Å². The number of phenols is 3. The van der Waals surface area contributed by atoms with Gasteiger partial charge in [-0.1, -0.05) is 30.3 Å². The summed E-state index contributed by atoms with van der Waals surface area (Å²) in [5, 5.41) is 37.6. The Balaban J connectivity index is 2.47. The molecule has 0 spiro atoms. The number of carboxylic acid groups (broad SMARTS) is 1. The van der Waals surface area contributed by atoms with Crippen LogP contribution in [0, 0.1) is 5.92 Å². The van der Waals surface area contributed by atoms with E-state index in [-0.39, 0.29) is 5.56 Å². The van der Waals surface area contributed by atoms with Gasteiger partial charge in [0, 0.05) is 5.56 Å². The van der Waals surface area contributed by atoms with Crippen LogP contribution in [0.5, 0.6) is 17.2 Å². The zero-order valence-electron chi connectivity index (χ0n) is 11.6. The highest BCUT2D eigenvalue weighted by atomic mass is 16.4. The number of aromatic hydroxyl groups is 3. The van der Waals surface area contributed by atoms with Crippen LogP contribution in [0.4, 0.5) is 0 Å². The summed E-state index contributed by atoms with van der Waals surface area (Å²) >= 11 is 0. The van der Waals surface area contributed by atoms with E-state index in [1.807, 2.05) is 0 Å². The molecule has 1 atom stereocenters. The highest BCUT2D eigenvalue weighted by Gasteiger charge is 2.37. The zero-order chi connectivity index (χ0) is 17.1. The van der Waals surface area contributed by atoms with Crippen molar-refractivity contribution >= 4 is 17.5 Å². The SMILES string of the molecule is O=C(O)C(C(=O)c1ccccc1)C(=O)c1ccc(O)c(O)c1O. The summed E-state index contributed by atoms with van der Waals surface area (Å²) in [6.45, 7) is 0. The Hall–Kier alpha value is -3.35. The molecule has 0 bridgehead atoms. The molecule has 23 heavy (non-hydrogen) atoms. The third kappa shape index (κ3) is 2.98. The Bertz CT molecular complexity index is 781. The highest BCUT2D eigenvalue weighted by Crippen LogP contribution is 2.38. The topological polar surface area (TPSA) is 132 Å². The number of Topliss-reactive ketones (excluding diaryl/α,β-unsaturated/α-hetero) is 2. The summed E-state index contributed by atoms with van der Waals surface area (Å²) in [7, 11) is 0. The summed E-state index contributed by atoms with van der Waals surface area (Å²) in [6, 6.07) is 9.22. The van der Waals surface area contributed by atoms with Crippen LogP contribution in [0.2, 0.25) is 0 Å². The second-order valence-corrected chi connectivity index (χ2v) is 4.70. The largest absolute Gasteiger partial charge is 0.504 e. The third-order valence-corrected chi connectivity index (χ3v) is 3.23. The predicted molar refractivity (Wildman–Crippen MR) is 77.7 cm³/mol. The smallest absolute Gasteiger partial charge is 0.322 e. The number of rotatable bonds is 5. The van der Waals surface area contributed by atoms with Crippen molar-refractivity contribution in [3.05, 3.63) is 53.6 Å². The maximum atomic E-state index is 12.3. The molecule has 2 aromatic rings. The van der Waals surface area contributed by atoms with Gasteiger partial charge in [-0.3, -0.25) is 14.4 Å². The van der Waals surface area contributed by atoms with Crippen molar-refractivity contribution in [3.8, 4) is 17.2 Å². The van der Waals surface area contributed by atoms with Gasteiger partial charge >= 0.3 is 5.97 Å². The molecule has 2 aromatic carbocycles. The molecular weight excluding hydrogens is 304 g/mol. The maximum Gasteiger partial charge on any atom is 0.322 e. The van der Waals surface area contributed by atoms with E-state index in [1.165, 1.54) is 24.3 Å². The van der Waals surface area contributed by atoms with Crippen molar-refractivity contribution in [3.63, 3.8) is 0 Å². The molecule has 7 heteroatoms. The van der Waals surface area contributed by atoms with E-state index in [0.29, 0.717) is 0 Å². The molecule has 7 nitrogen and oxygen atoms in total. The number of aliphatic carboxylic acids is 1. The molecule has 0 aliphatic rings. The first-order valence-electron chi connectivity index (χ1n) is 6.44. The number of ketones is 2. The number of hydrogen-bond acceptors (Lipinski definition) is 6. The van der Waals surface area contributed by atoms with Crippen LogP contribution in [-0.2, 0) is 4.79 Å². The Morgan fingerprint density at radius 3 is 1.96 bits per heavy atom. The molecule has 0 saturated carbocycles. The van der Waals surface area contributed by atoms with Gasteiger partial charge in [0.15, 0.2) is 29.0 Å². The predicted octanol–water partition coefficient (Wildman–Crippen LogP) is 1.57. The van der Waals surface area contributed by atoms with Crippen LogP contribution < -0.4 is 0 Å². The van der Waals surface area contributed by atoms with Gasteiger partial charge in [-0.25, -0.2) is 0 Å². The van der Waals surface area contributed by atoms with Gasteiger partial charge in [0.2, 0.25) is 5.75 Å². The van der Waals surface area contributed by atoms with Gasteiger partial charge in [0.25, 0.3) is 0 Å². The number of carboxylic acids is 1. The first-order chi connectivity index (χ1) is 10.8. The van der Waals surface area contributed by atoms with Gasteiger partial charge < -0.3 is 20.4 Å². The quantitative estimate of drug-likeness (QED) is 0.374. The Kier molecular flexibility index (Phi) is 4.31. The standard InChI is InChI=1S/C16H12O7/c17-10-7-6-9(14(20)15(10)21)13(19)11(16(22)23)12(18)8-4-2-1-3-5-8/h1-7,11,17,20-21H,(H,22,23). The minimum absolute atomic E-state index is 0.0238. The normalized spacial score (nSPS) is 11.7. The van der Waals surface area contributed by atoms with Crippen molar-refractivity contribution in [2.45, 2.75) is 0 Å². The van der Waals surface area contributed by atoms with Crippen molar-refractivity contribution in [1.29, 1.82) is 0 Å². The number of carbonyl (C=O) groups is 3. The molecule has 0 heterocycles. The van der Waals surface area contributed by atoms with E-state index in [4.69, 9.17) is 0 Å². The van der Waals surface area contributed by atoms with Gasteiger partial charge in [-0.05, 0) is 12.1 Å². The van der Waals surface area contributed by atoms with Crippen LogP contribution in [0.3, 0.4) is 0 Å². The van der Waals surface area contributed by atoms with Crippen LogP contribution in [0.1, 0.15) is 20.7 Å². The lowest BCUT2D eigenvalue weighted by atomic mass is 9.89. The summed E-state index contributed by atoms with van der Waals surface area (Å²) in [4.78, 5) is 36.0. The number of phenolic OH excluding ortho intramolecular Hbond substituents is 3. The summed E-state index contributed by atoms with van der Waals surface area (Å²) < 4.78 is 0. The minimum atomic E-state index is -2.08. The number of hydrogen-bond donors (Lipinski definition) is 4. The lowest BCUT2D eigenvalue weighted by Gasteiger charge is -2.12. The van der Waals surface area contributed by atoms with Crippen LogP contribution in [-0.4, -0.2) is 38.0 Å². The average molecular weight is 316 g/mol. The summed E-state index contributed by atoms with van der Waals surface area (Å²) in [5.74, 6) is -8.54. The highest BCUT2D eigenvalue weighted by molar-refractivity contribution is 6.27. The molecule has 4 N–H and O–H groups in total. The molecular formula is C16H12O7. The number of benzene rings is 2. The van der Waals surface area contributed by atoms with Crippen molar-refractivity contribution in [2.24, 2.45) is 5.92 Å². The molecule has 2 rings (SSSR count). The molecule has 118 valence electrons. The fraction of sp³-hybridized carbons (Fsp3) is 0.0625. The van der Waals surface area contributed by atoms with E-state index >= 15 is 0 Å². The van der Waals surface area contributed by atoms with Crippen molar-refractivity contribution < 1.29 is 34.8 Å². The fourth-order valence-electron chi connectivity index (χ4n) is 2.04. The van der Waals surface area contributed by atoms with E-state index in [2.05, 4.69) is 0 Å². The maximum absolute atomic E-state index is 12.3. The van der Waals surface area contributed by atoms with Crippen molar-refractivity contribution in [1.82, 2.24) is 0 Å². The zero-order valence-corrected chi connectivity index (χ0v) is 11.6. The van der Waals surface area contributed by atoms with E-state index in [9.17, 15) is 34.8 Å². The minimum Gasteiger partial charge on any atom is -0.504 e. The fourth-order valence-corrected chi connectivity index (χ4v) is 2.04. The lowest BCUT2D eigenvalue weighted by molar-refractivity contribution is -0.138. The molecule has 0 amide bonds. The number of carbonyl (C=O) groups excluding carboxylic acids is 2. The Labute approximate surface area is 130 Å². The van der Waals surface area contributed by atoms with Crippen LogP contribution >= 0.6 is 0 Å². The second kappa shape index (κ2) is 6.18. The van der Waals surface area contributed by atoms with Gasteiger partial charge in [-0.2, -0.15) is 0 Å². The van der Waals surface area contributed by atoms with E-state index < -0.39 is 46.3 Å². The van der Waals surface area contributed by atoms with Gasteiger partial charge in [0.05, 0.1) is 5.56 Å². The molecule has 0 radical (unpaired) electrons. The molecule has 0 aromatic heterocycles. The Morgan fingerprint density at radius 1 is 0.783 bits per heavy atom. The second-order valence-electron chi connectivity index (χ2n) is 4.70. The molecule has 0 saturated heterocycles.